The minimum Gasteiger partial charge on any atom is -0.283 e. The van der Waals surface area contributed by atoms with Gasteiger partial charge in [0.15, 0.2) is 0 Å². The van der Waals surface area contributed by atoms with Crippen molar-refractivity contribution in [2.75, 3.05) is 0 Å². The van der Waals surface area contributed by atoms with Crippen molar-refractivity contribution in [2.24, 2.45) is 0 Å². The fraction of sp³-hybridized carbons (Fsp3) is 0.143. The zero-order valence-electron chi connectivity index (χ0n) is 10.6. The largest absolute Gasteiger partial charge is 0.416 e. The van der Waals surface area contributed by atoms with E-state index >= 15 is 0 Å². The van der Waals surface area contributed by atoms with Gasteiger partial charge in [-0.25, -0.2) is 9.97 Å². The molecule has 7 heteroatoms. The molecule has 2 aromatic heterocycles. The molecule has 0 saturated carbocycles. The van der Waals surface area contributed by atoms with E-state index < -0.39 is 11.7 Å². The van der Waals surface area contributed by atoms with Crippen LogP contribution in [0.25, 0.3) is 17.0 Å². The molecule has 0 radical (unpaired) electrons. The average molecular weight is 312 g/mol. The lowest BCUT2D eigenvalue weighted by atomic mass is 10.1. The normalized spacial score (nSPS) is 12.0. The van der Waals surface area contributed by atoms with Crippen LogP contribution >= 0.6 is 11.6 Å². The highest BCUT2D eigenvalue weighted by Gasteiger charge is 2.30. The lowest BCUT2D eigenvalue weighted by molar-refractivity contribution is -0.137. The summed E-state index contributed by atoms with van der Waals surface area (Å²) in [7, 11) is 0. The van der Waals surface area contributed by atoms with Crippen molar-refractivity contribution in [1.29, 1.82) is 0 Å². The van der Waals surface area contributed by atoms with Crippen molar-refractivity contribution in [1.82, 2.24) is 14.4 Å². The van der Waals surface area contributed by atoms with Crippen LogP contribution < -0.4 is 0 Å². The molecule has 21 heavy (non-hydrogen) atoms. The molecular weight excluding hydrogens is 303 g/mol. The van der Waals surface area contributed by atoms with Gasteiger partial charge in [-0.3, -0.25) is 4.40 Å². The first-order chi connectivity index (χ1) is 10.0. The number of hydrogen-bond donors (Lipinski definition) is 0. The molecule has 0 unspecified atom stereocenters. The third kappa shape index (κ3) is 2.47. The summed E-state index contributed by atoms with van der Waals surface area (Å²) in [4.78, 5) is 8.38. The number of benzene rings is 1. The van der Waals surface area contributed by atoms with Crippen LogP contribution in [-0.4, -0.2) is 14.4 Å². The Labute approximate surface area is 123 Å². The number of hydrogen-bond acceptors (Lipinski definition) is 2. The van der Waals surface area contributed by atoms with E-state index in [2.05, 4.69) is 9.97 Å². The van der Waals surface area contributed by atoms with Gasteiger partial charge in [-0.1, -0.05) is 12.1 Å². The first kappa shape index (κ1) is 13.9. The van der Waals surface area contributed by atoms with E-state index in [1.807, 2.05) is 0 Å². The van der Waals surface area contributed by atoms with Gasteiger partial charge in [0, 0.05) is 18.0 Å². The highest BCUT2D eigenvalue weighted by molar-refractivity contribution is 6.17. The number of halogens is 4. The molecule has 0 spiro atoms. The van der Waals surface area contributed by atoms with Crippen molar-refractivity contribution in [3.63, 3.8) is 0 Å². The second-order valence-electron chi connectivity index (χ2n) is 4.41. The molecule has 0 bridgehead atoms. The van der Waals surface area contributed by atoms with E-state index in [0.29, 0.717) is 22.7 Å². The molecule has 0 amide bonds. The third-order valence-corrected chi connectivity index (χ3v) is 3.34. The molecule has 3 nitrogen and oxygen atoms in total. The van der Waals surface area contributed by atoms with Crippen molar-refractivity contribution < 1.29 is 13.2 Å². The predicted octanol–water partition coefficient (Wildman–Crippen LogP) is 4.15. The first-order valence-electron chi connectivity index (χ1n) is 6.06. The molecule has 3 rings (SSSR count). The zero-order valence-corrected chi connectivity index (χ0v) is 11.4. The molecule has 3 aromatic rings. The summed E-state index contributed by atoms with van der Waals surface area (Å²) in [6.07, 6.45) is -1.01. The van der Waals surface area contributed by atoms with Gasteiger partial charge in [0.05, 0.1) is 22.8 Å². The Hall–Kier alpha value is -2.08. The van der Waals surface area contributed by atoms with Gasteiger partial charge in [-0.05, 0) is 18.2 Å². The summed E-state index contributed by atoms with van der Waals surface area (Å²) in [6.45, 7) is 0. The van der Waals surface area contributed by atoms with Crippen LogP contribution in [0, 0.1) is 0 Å². The second-order valence-corrected chi connectivity index (χ2v) is 4.67. The van der Waals surface area contributed by atoms with Gasteiger partial charge in [0.2, 0.25) is 5.78 Å². The van der Waals surface area contributed by atoms with E-state index in [1.54, 1.807) is 22.9 Å². The predicted molar refractivity (Wildman–Crippen MR) is 73.0 cm³/mol. The Bertz CT molecular complexity index is 778. The SMILES string of the molecule is FC(F)(F)c1ccc(-c2c(CCl)nc3ncccn23)cc1. The molecule has 0 N–H and O–H groups in total. The summed E-state index contributed by atoms with van der Waals surface area (Å²) in [5, 5.41) is 0. The minimum absolute atomic E-state index is 0.152. The maximum atomic E-state index is 12.6. The van der Waals surface area contributed by atoms with Crippen molar-refractivity contribution in [2.45, 2.75) is 12.1 Å². The van der Waals surface area contributed by atoms with E-state index in [-0.39, 0.29) is 5.88 Å². The molecular formula is C14H9ClF3N3. The van der Waals surface area contributed by atoms with E-state index in [0.717, 1.165) is 12.1 Å². The fourth-order valence-electron chi connectivity index (χ4n) is 2.15. The lowest BCUT2D eigenvalue weighted by Crippen LogP contribution is -2.04. The molecule has 0 aliphatic carbocycles. The second kappa shape index (κ2) is 5.04. The van der Waals surface area contributed by atoms with Crippen LogP contribution in [-0.2, 0) is 12.1 Å². The Kier molecular flexibility index (Phi) is 3.33. The van der Waals surface area contributed by atoms with Crippen molar-refractivity contribution in [3.8, 4) is 11.3 Å². The topological polar surface area (TPSA) is 30.2 Å². The Morgan fingerprint density at radius 2 is 1.86 bits per heavy atom. The maximum absolute atomic E-state index is 12.6. The van der Waals surface area contributed by atoms with Crippen LogP contribution in [0.1, 0.15) is 11.3 Å². The van der Waals surface area contributed by atoms with Gasteiger partial charge in [-0.15, -0.1) is 11.6 Å². The molecule has 1 aromatic carbocycles. The molecule has 0 aliphatic heterocycles. The molecule has 108 valence electrons. The van der Waals surface area contributed by atoms with Crippen LogP contribution in [0.4, 0.5) is 13.2 Å². The molecule has 0 fully saturated rings. The fourth-order valence-corrected chi connectivity index (χ4v) is 2.34. The average Bonchev–Trinajstić information content (AvgIpc) is 2.85. The highest BCUT2D eigenvalue weighted by Crippen LogP contribution is 2.32. The van der Waals surface area contributed by atoms with Gasteiger partial charge >= 0.3 is 6.18 Å². The zero-order chi connectivity index (χ0) is 15.0. The highest BCUT2D eigenvalue weighted by atomic mass is 35.5. The third-order valence-electron chi connectivity index (χ3n) is 3.09. The summed E-state index contributed by atoms with van der Waals surface area (Å²) in [6, 6.07) is 6.64. The molecule has 0 saturated heterocycles. The number of nitrogens with zero attached hydrogens (tertiary/aromatic N) is 3. The lowest BCUT2D eigenvalue weighted by Gasteiger charge is -2.08. The molecule has 2 heterocycles. The van der Waals surface area contributed by atoms with Gasteiger partial charge in [-0.2, -0.15) is 13.2 Å². The van der Waals surface area contributed by atoms with Crippen molar-refractivity contribution >= 4 is 17.4 Å². The Morgan fingerprint density at radius 3 is 2.48 bits per heavy atom. The van der Waals surface area contributed by atoms with Crippen LogP contribution in [0.15, 0.2) is 42.7 Å². The molecule has 0 aliphatic rings. The van der Waals surface area contributed by atoms with E-state index in [9.17, 15) is 13.2 Å². The van der Waals surface area contributed by atoms with Crippen LogP contribution in [0.5, 0.6) is 0 Å². The first-order valence-corrected chi connectivity index (χ1v) is 6.59. The summed E-state index contributed by atoms with van der Waals surface area (Å²) in [5.74, 6) is 0.614. The van der Waals surface area contributed by atoms with Crippen molar-refractivity contribution in [3.05, 3.63) is 54.0 Å². The maximum Gasteiger partial charge on any atom is 0.416 e. The van der Waals surface area contributed by atoms with Gasteiger partial charge in [0.1, 0.15) is 0 Å². The van der Waals surface area contributed by atoms with E-state index in [1.165, 1.54) is 12.1 Å². The summed E-state index contributed by atoms with van der Waals surface area (Å²) >= 11 is 5.87. The van der Waals surface area contributed by atoms with E-state index in [4.69, 9.17) is 11.6 Å². The standard InChI is InChI=1S/C14H9ClF3N3/c15-8-11-12(21-7-1-6-19-13(21)20-11)9-2-4-10(5-3-9)14(16,17)18/h1-7H,8H2. The minimum atomic E-state index is -4.35. The van der Waals surface area contributed by atoms with Gasteiger partial charge < -0.3 is 0 Å². The summed E-state index contributed by atoms with van der Waals surface area (Å²) in [5.41, 5.74) is 1.15. The van der Waals surface area contributed by atoms with Gasteiger partial charge in [0.25, 0.3) is 0 Å². The molecule has 0 atom stereocenters. The Morgan fingerprint density at radius 1 is 1.14 bits per heavy atom. The monoisotopic (exact) mass is 311 g/mol. The number of imidazole rings is 1. The number of aromatic nitrogens is 3. The van der Waals surface area contributed by atoms with Crippen LogP contribution in [0.2, 0.25) is 0 Å². The number of alkyl halides is 4. The smallest absolute Gasteiger partial charge is 0.283 e. The number of fused-ring (bicyclic) bond motifs is 1. The quantitative estimate of drug-likeness (QED) is 0.665. The summed E-state index contributed by atoms with van der Waals surface area (Å²) < 4.78 is 39.5. The number of rotatable bonds is 2. The van der Waals surface area contributed by atoms with Crippen LogP contribution in [0.3, 0.4) is 0 Å². The Balaban J connectivity index is 2.16.